The number of aromatic nitrogens is 1. The third-order valence-electron chi connectivity index (χ3n) is 2.43. The van der Waals surface area contributed by atoms with E-state index in [1.807, 2.05) is 0 Å². The molecule has 0 amide bonds. The van der Waals surface area contributed by atoms with Gasteiger partial charge in [-0.3, -0.25) is 4.79 Å². The van der Waals surface area contributed by atoms with E-state index in [2.05, 4.69) is 14.5 Å². The normalized spacial score (nSPS) is 11.6. The van der Waals surface area contributed by atoms with Gasteiger partial charge >= 0.3 is 12.3 Å². The molecule has 0 atom stereocenters. The lowest BCUT2D eigenvalue weighted by Crippen LogP contribution is -2.20. The van der Waals surface area contributed by atoms with Crippen molar-refractivity contribution >= 4 is 17.6 Å². The summed E-state index contributed by atoms with van der Waals surface area (Å²) in [5.41, 5.74) is -1.34. The second-order valence-corrected chi connectivity index (χ2v) is 4.21. The van der Waals surface area contributed by atoms with Crippen LogP contribution in [0.1, 0.15) is 30.2 Å². The van der Waals surface area contributed by atoms with Crippen molar-refractivity contribution in [2.24, 2.45) is 0 Å². The maximum atomic E-state index is 13.0. The van der Waals surface area contributed by atoms with Crippen LogP contribution in [-0.4, -0.2) is 23.9 Å². The molecule has 0 radical (unpaired) electrons. The molecule has 10 heteroatoms. The van der Waals surface area contributed by atoms with Gasteiger partial charge in [-0.2, -0.15) is 0 Å². The predicted octanol–water partition coefficient (Wildman–Crippen LogP) is 3.76. The van der Waals surface area contributed by atoms with Crippen LogP contribution in [0, 0.1) is 0 Å². The van der Waals surface area contributed by atoms with E-state index >= 15 is 0 Å². The van der Waals surface area contributed by atoms with E-state index in [-0.39, 0.29) is 17.9 Å². The van der Waals surface area contributed by atoms with Crippen LogP contribution in [0.15, 0.2) is 6.07 Å². The Bertz CT molecular complexity index is 536. The van der Waals surface area contributed by atoms with Crippen molar-refractivity contribution in [1.82, 2.24) is 4.98 Å². The first kappa shape index (κ1) is 18.4. The molecule has 124 valence electrons. The summed E-state index contributed by atoms with van der Waals surface area (Å²) in [5.74, 6) is -2.37. The highest BCUT2D eigenvalue weighted by molar-refractivity contribution is 6.17. The second kappa shape index (κ2) is 7.57. The maximum absolute atomic E-state index is 13.0. The number of carbonyl (C=O) groups is 1. The van der Waals surface area contributed by atoms with Crippen molar-refractivity contribution in [1.29, 1.82) is 0 Å². The van der Waals surface area contributed by atoms with Crippen molar-refractivity contribution in [2.45, 2.75) is 32.0 Å². The van der Waals surface area contributed by atoms with Gasteiger partial charge in [-0.05, 0) is 12.5 Å². The average molecular weight is 348 g/mol. The number of carbonyl (C=O) groups excluding carboxylic acids is 1. The van der Waals surface area contributed by atoms with E-state index in [0.29, 0.717) is 6.07 Å². The molecular formula is C12H11ClF5NO3. The minimum absolute atomic E-state index is 0.0233. The van der Waals surface area contributed by atoms with Gasteiger partial charge in [-0.25, -0.2) is 13.8 Å². The van der Waals surface area contributed by atoms with Crippen molar-refractivity contribution in [2.75, 3.05) is 6.61 Å². The fraction of sp³-hybridized carbons (Fsp3) is 0.500. The summed E-state index contributed by atoms with van der Waals surface area (Å²) in [7, 11) is 0. The summed E-state index contributed by atoms with van der Waals surface area (Å²) in [6.45, 7) is 1.54. The summed E-state index contributed by atoms with van der Waals surface area (Å²) in [4.78, 5) is 14.8. The zero-order valence-electron chi connectivity index (χ0n) is 11.2. The third-order valence-corrected chi connectivity index (χ3v) is 2.69. The van der Waals surface area contributed by atoms with E-state index in [9.17, 15) is 26.7 Å². The number of esters is 1. The smallest absolute Gasteiger partial charge is 0.466 e. The molecule has 1 aromatic heterocycles. The number of pyridine rings is 1. The number of nitrogens with zero attached hydrogens (tertiary/aromatic N) is 1. The summed E-state index contributed by atoms with van der Waals surface area (Å²) >= 11 is 5.54. The molecule has 1 rings (SSSR count). The molecule has 0 aliphatic rings. The first-order valence-corrected chi connectivity index (χ1v) is 6.49. The Morgan fingerprint density at radius 3 is 2.50 bits per heavy atom. The molecule has 0 aromatic carbocycles. The van der Waals surface area contributed by atoms with Gasteiger partial charge < -0.3 is 9.47 Å². The van der Waals surface area contributed by atoms with E-state index in [1.54, 1.807) is 0 Å². The predicted molar refractivity (Wildman–Crippen MR) is 65.8 cm³/mol. The Kier molecular flexibility index (Phi) is 6.34. The van der Waals surface area contributed by atoms with Gasteiger partial charge in [-0.1, -0.05) is 0 Å². The molecule has 0 spiro atoms. The molecule has 0 fully saturated rings. The Morgan fingerprint density at radius 1 is 1.41 bits per heavy atom. The first-order valence-electron chi connectivity index (χ1n) is 5.96. The van der Waals surface area contributed by atoms with Gasteiger partial charge in [0.1, 0.15) is 0 Å². The number of halogens is 6. The molecule has 0 unspecified atom stereocenters. The molecule has 0 saturated carbocycles. The van der Waals surface area contributed by atoms with E-state index in [4.69, 9.17) is 11.6 Å². The zero-order chi connectivity index (χ0) is 16.9. The van der Waals surface area contributed by atoms with Gasteiger partial charge in [0.25, 0.3) is 6.43 Å². The summed E-state index contributed by atoms with van der Waals surface area (Å²) in [6.07, 6.45) is -8.80. The highest BCUT2D eigenvalue weighted by atomic mass is 35.5. The molecule has 0 bridgehead atoms. The molecule has 22 heavy (non-hydrogen) atoms. The van der Waals surface area contributed by atoms with Crippen LogP contribution in [0.25, 0.3) is 0 Å². The Morgan fingerprint density at radius 2 is 2.05 bits per heavy atom. The molecule has 1 heterocycles. The summed E-state index contributed by atoms with van der Waals surface area (Å²) in [5, 5.41) is 0. The Balaban J connectivity index is 3.28. The minimum atomic E-state index is -5.10. The molecular weight excluding hydrogens is 337 g/mol. The standard InChI is InChI=1S/C12H11ClF5NO3/c1-2-21-10(20)4-8-7(5-13)6(11(14)15)3-9(19-8)22-12(16,17)18/h3,11H,2,4-5H2,1H3. The molecule has 4 nitrogen and oxygen atoms in total. The van der Waals surface area contributed by atoms with Gasteiger partial charge in [0.2, 0.25) is 5.88 Å². The lowest BCUT2D eigenvalue weighted by Gasteiger charge is -2.15. The SMILES string of the molecule is CCOC(=O)Cc1nc(OC(F)(F)F)cc(C(F)F)c1CCl. The fourth-order valence-electron chi connectivity index (χ4n) is 1.63. The Labute approximate surface area is 127 Å². The van der Waals surface area contributed by atoms with Gasteiger partial charge in [-0.15, -0.1) is 24.8 Å². The van der Waals surface area contributed by atoms with Crippen molar-refractivity contribution < 1.29 is 36.2 Å². The first-order chi connectivity index (χ1) is 10.2. The molecule has 0 N–H and O–H groups in total. The quantitative estimate of drug-likeness (QED) is 0.446. The van der Waals surface area contributed by atoms with Crippen LogP contribution in [-0.2, 0) is 21.8 Å². The van der Waals surface area contributed by atoms with Gasteiger partial charge in [0.05, 0.1) is 18.7 Å². The van der Waals surface area contributed by atoms with E-state index in [1.165, 1.54) is 6.92 Å². The topological polar surface area (TPSA) is 48.4 Å². The van der Waals surface area contributed by atoms with Crippen LogP contribution in [0.4, 0.5) is 22.0 Å². The van der Waals surface area contributed by atoms with Crippen LogP contribution >= 0.6 is 11.6 Å². The zero-order valence-corrected chi connectivity index (χ0v) is 12.0. The third kappa shape index (κ3) is 5.28. The molecule has 0 aliphatic heterocycles. The Hall–Kier alpha value is -1.64. The molecule has 0 saturated heterocycles. The number of ether oxygens (including phenoxy) is 2. The number of hydrogen-bond donors (Lipinski definition) is 0. The monoisotopic (exact) mass is 347 g/mol. The van der Waals surface area contributed by atoms with Crippen molar-refractivity contribution in [3.05, 3.63) is 22.9 Å². The fourth-order valence-corrected chi connectivity index (χ4v) is 1.94. The van der Waals surface area contributed by atoms with Crippen LogP contribution in [0.2, 0.25) is 0 Å². The van der Waals surface area contributed by atoms with E-state index in [0.717, 1.165) is 0 Å². The van der Waals surface area contributed by atoms with E-state index < -0.39 is 42.5 Å². The lowest BCUT2D eigenvalue weighted by atomic mass is 10.1. The average Bonchev–Trinajstić information content (AvgIpc) is 2.36. The van der Waals surface area contributed by atoms with Gasteiger partial charge in [0.15, 0.2) is 0 Å². The number of alkyl halides is 6. The summed E-state index contributed by atoms with van der Waals surface area (Å²) in [6, 6.07) is 0.449. The highest BCUT2D eigenvalue weighted by Crippen LogP contribution is 2.31. The minimum Gasteiger partial charge on any atom is -0.466 e. The number of rotatable bonds is 6. The maximum Gasteiger partial charge on any atom is 0.574 e. The van der Waals surface area contributed by atoms with Crippen LogP contribution < -0.4 is 4.74 Å². The van der Waals surface area contributed by atoms with Gasteiger partial charge in [0, 0.05) is 17.5 Å². The molecule has 1 aromatic rings. The van der Waals surface area contributed by atoms with Crippen LogP contribution in [0.5, 0.6) is 5.88 Å². The second-order valence-electron chi connectivity index (χ2n) is 3.94. The molecule has 0 aliphatic carbocycles. The lowest BCUT2D eigenvalue weighted by molar-refractivity contribution is -0.276. The van der Waals surface area contributed by atoms with Crippen LogP contribution in [0.3, 0.4) is 0 Å². The number of hydrogen-bond acceptors (Lipinski definition) is 4. The highest BCUT2D eigenvalue weighted by Gasteiger charge is 2.33. The van der Waals surface area contributed by atoms with Crippen molar-refractivity contribution in [3.8, 4) is 5.88 Å². The summed E-state index contributed by atoms with van der Waals surface area (Å²) < 4.78 is 70.7. The van der Waals surface area contributed by atoms with Crippen molar-refractivity contribution in [3.63, 3.8) is 0 Å². The largest absolute Gasteiger partial charge is 0.574 e.